The van der Waals surface area contributed by atoms with E-state index >= 15 is 0 Å². The Balaban J connectivity index is 2.14. The molecule has 3 N–H and O–H groups in total. The molecule has 0 aromatic heterocycles. The van der Waals surface area contributed by atoms with Crippen molar-refractivity contribution in [3.8, 4) is 0 Å². The summed E-state index contributed by atoms with van der Waals surface area (Å²) in [7, 11) is 0. The molecule has 102 valence electrons. The third-order valence-electron chi connectivity index (χ3n) is 3.52. The molecule has 0 saturated heterocycles. The molecule has 0 amide bonds. The number of nitrogens with two attached hydrogens (primary N) is 1. The van der Waals surface area contributed by atoms with Crippen LogP contribution in [0.3, 0.4) is 0 Å². The highest BCUT2D eigenvalue weighted by Gasteiger charge is 2.23. The van der Waals surface area contributed by atoms with E-state index in [1.54, 1.807) is 12.1 Å². The Morgan fingerprint density at radius 1 is 1.20 bits per heavy atom. The van der Waals surface area contributed by atoms with Gasteiger partial charge in [-0.15, -0.1) is 0 Å². The van der Waals surface area contributed by atoms with Crippen LogP contribution in [0.2, 0.25) is 5.02 Å². The lowest BCUT2D eigenvalue weighted by Crippen LogP contribution is -2.21. The van der Waals surface area contributed by atoms with Crippen molar-refractivity contribution in [1.82, 2.24) is 0 Å². The summed E-state index contributed by atoms with van der Waals surface area (Å²) in [6.45, 7) is 0.853. The van der Waals surface area contributed by atoms with Gasteiger partial charge in [0.1, 0.15) is 0 Å². The molecule has 5 heteroatoms. The lowest BCUT2D eigenvalue weighted by atomic mass is 10.1. The summed E-state index contributed by atoms with van der Waals surface area (Å²) in [5.74, 6) is 0.0843. The third kappa shape index (κ3) is 2.08. The lowest BCUT2D eigenvalue weighted by Gasteiger charge is -2.22. The number of nitrogens with zero attached hydrogens (tertiary/aromatic N) is 2. The molecule has 0 bridgehead atoms. The first-order valence-electron chi connectivity index (χ1n) is 6.33. The average Bonchev–Trinajstić information content (AvgIpc) is 2.90. The molecule has 0 atom stereocenters. The first kappa shape index (κ1) is 12.8. The van der Waals surface area contributed by atoms with Gasteiger partial charge in [0.05, 0.1) is 5.69 Å². The molecule has 0 spiro atoms. The molecule has 0 saturated carbocycles. The Kier molecular flexibility index (Phi) is 3.24. The van der Waals surface area contributed by atoms with E-state index in [1.165, 1.54) is 5.56 Å². The minimum Gasteiger partial charge on any atom is -0.409 e. The number of hydrogen-bond donors (Lipinski definition) is 2. The van der Waals surface area contributed by atoms with Gasteiger partial charge in [-0.05, 0) is 36.2 Å². The molecule has 0 unspecified atom stereocenters. The molecule has 1 heterocycles. The molecule has 2 aromatic carbocycles. The van der Waals surface area contributed by atoms with Gasteiger partial charge in [-0.1, -0.05) is 35.0 Å². The third-order valence-corrected chi connectivity index (χ3v) is 3.76. The molecular weight excluding hydrogens is 274 g/mol. The van der Waals surface area contributed by atoms with Crippen LogP contribution in [0.4, 0.5) is 11.4 Å². The van der Waals surface area contributed by atoms with Crippen molar-refractivity contribution < 1.29 is 5.21 Å². The van der Waals surface area contributed by atoms with Crippen molar-refractivity contribution in [3.63, 3.8) is 0 Å². The van der Waals surface area contributed by atoms with Gasteiger partial charge in [0, 0.05) is 22.8 Å². The number of halogens is 1. The molecule has 0 radical (unpaired) electrons. The second kappa shape index (κ2) is 5.06. The van der Waals surface area contributed by atoms with E-state index in [4.69, 9.17) is 22.5 Å². The number of hydrogen-bond acceptors (Lipinski definition) is 3. The maximum Gasteiger partial charge on any atom is 0.172 e. The van der Waals surface area contributed by atoms with Crippen molar-refractivity contribution in [3.05, 3.63) is 58.6 Å². The molecule has 1 aliphatic rings. The van der Waals surface area contributed by atoms with E-state index in [9.17, 15) is 0 Å². The smallest absolute Gasteiger partial charge is 0.172 e. The molecule has 4 nitrogen and oxygen atoms in total. The summed E-state index contributed by atoms with van der Waals surface area (Å²) in [5, 5.41) is 12.7. The molecule has 0 aliphatic carbocycles. The van der Waals surface area contributed by atoms with Crippen molar-refractivity contribution in [2.45, 2.75) is 6.42 Å². The Morgan fingerprint density at radius 3 is 2.80 bits per heavy atom. The number of amidine groups is 1. The number of benzene rings is 2. The van der Waals surface area contributed by atoms with Crippen LogP contribution in [0.25, 0.3) is 0 Å². The minimum absolute atomic E-state index is 0.0843. The molecular formula is C15H14ClN3O. The number of anilines is 2. The van der Waals surface area contributed by atoms with E-state index in [0.717, 1.165) is 24.3 Å². The van der Waals surface area contributed by atoms with Crippen LogP contribution in [0.5, 0.6) is 0 Å². The number of rotatable bonds is 2. The predicted octanol–water partition coefficient (Wildman–Crippen LogP) is 3.13. The van der Waals surface area contributed by atoms with Gasteiger partial charge in [-0.25, -0.2) is 0 Å². The second-order valence-electron chi connectivity index (χ2n) is 4.68. The number of fused-ring (bicyclic) bond motifs is 1. The molecule has 0 fully saturated rings. The van der Waals surface area contributed by atoms with Crippen molar-refractivity contribution in [2.75, 3.05) is 11.4 Å². The maximum atomic E-state index is 8.93. The summed E-state index contributed by atoms with van der Waals surface area (Å²) < 4.78 is 0. The summed E-state index contributed by atoms with van der Waals surface area (Å²) in [5.41, 5.74) is 9.73. The second-order valence-corrected chi connectivity index (χ2v) is 5.11. The molecule has 3 rings (SSSR count). The van der Waals surface area contributed by atoms with E-state index < -0.39 is 0 Å². The highest BCUT2D eigenvalue weighted by Crippen LogP contribution is 2.37. The summed E-state index contributed by atoms with van der Waals surface area (Å²) in [4.78, 5) is 2.15. The standard InChI is InChI=1S/C15H14ClN3O/c16-11-5-6-12(15(17)18-20)14(9-11)19-8-7-10-3-1-2-4-13(10)19/h1-6,9,20H,7-8H2,(H2,17,18). The van der Waals surface area contributed by atoms with E-state index in [2.05, 4.69) is 22.2 Å². The van der Waals surface area contributed by atoms with Gasteiger partial charge in [0.25, 0.3) is 0 Å². The quantitative estimate of drug-likeness (QED) is 0.386. The van der Waals surface area contributed by atoms with E-state index in [-0.39, 0.29) is 5.84 Å². The fraction of sp³-hybridized carbons (Fsp3) is 0.133. The topological polar surface area (TPSA) is 61.9 Å². The van der Waals surface area contributed by atoms with Gasteiger partial charge in [0.2, 0.25) is 0 Å². The lowest BCUT2D eigenvalue weighted by molar-refractivity contribution is 0.318. The van der Waals surface area contributed by atoms with Gasteiger partial charge in [0.15, 0.2) is 5.84 Å². The fourth-order valence-electron chi connectivity index (χ4n) is 2.59. The summed E-state index contributed by atoms with van der Waals surface area (Å²) >= 11 is 6.10. The fourth-order valence-corrected chi connectivity index (χ4v) is 2.75. The van der Waals surface area contributed by atoms with Crippen molar-refractivity contribution in [2.24, 2.45) is 10.9 Å². The van der Waals surface area contributed by atoms with Crippen LogP contribution in [-0.2, 0) is 6.42 Å². The number of oxime groups is 1. The summed E-state index contributed by atoms with van der Waals surface area (Å²) in [6.07, 6.45) is 0.971. The zero-order chi connectivity index (χ0) is 14.1. The van der Waals surface area contributed by atoms with E-state index in [1.807, 2.05) is 18.2 Å². The zero-order valence-corrected chi connectivity index (χ0v) is 11.5. The maximum absolute atomic E-state index is 8.93. The zero-order valence-electron chi connectivity index (χ0n) is 10.8. The van der Waals surface area contributed by atoms with Crippen molar-refractivity contribution in [1.29, 1.82) is 0 Å². The van der Waals surface area contributed by atoms with Crippen LogP contribution in [0.1, 0.15) is 11.1 Å². The normalized spacial score (nSPS) is 14.4. The predicted molar refractivity (Wildman–Crippen MR) is 81.1 cm³/mol. The Morgan fingerprint density at radius 2 is 2.00 bits per heavy atom. The largest absolute Gasteiger partial charge is 0.409 e. The average molecular weight is 288 g/mol. The van der Waals surface area contributed by atoms with Gasteiger partial charge in [-0.2, -0.15) is 0 Å². The first-order chi connectivity index (χ1) is 9.70. The molecule has 2 aromatic rings. The van der Waals surface area contributed by atoms with Gasteiger partial charge >= 0.3 is 0 Å². The van der Waals surface area contributed by atoms with Crippen LogP contribution in [0, 0.1) is 0 Å². The van der Waals surface area contributed by atoms with Crippen LogP contribution in [0.15, 0.2) is 47.6 Å². The van der Waals surface area contributed by atoms with Crippen LogP contribution in [-0.4, -0.2) is 17.6 Å². The Bertz CT molecular complexity index is 685. The SMILES string of the molecule is NC(=NO)c1ccc(Cl)cc1N1CCc2ccccc21. The molecule has 20 heavy (non-hydrogen) atoms. The highest BCUT2D eigenvalue weighted by atomic mass is 35.5. The Hall–Kier alpha value is -2.20. The minimum atomic E-state index is 0.0843. The van der Waals surface area contributed by atoms with Gasteiger partial charge < -0.3 is 15.8 Å². The van der Waals surface area contributed by atoms with Crippen molar-refractivity contribution >= 4 is 28.8 Å². The first-order valence-corrected chi connectivity index (χ1v) is 6.71. The van der Waals surface area contributed by atoms with Crippen LogP contribution < -0.4 is 10.6 Å². The molecule has 1 aliphatic heterocycles. The van der Waals surface area contributed by atoms with Gasteiger partial charge in [-0.3, -0.25) is 0 Å². The van der Waals surface area contributed by atoms with Crippen LogP contribution >= 0.6 is 11.6 Å². The van der Waals surface area contributed by atoms with E-state index in [0.29, 0.717) is 10.6 Å². The Labute approximate surface area is 122 Å². The number of para-hydroxylation sites is 1. The summed E-state index contributed by atoms with van der Waals surface area (Å²) in [6, 6.07) is 13.6. The monoisotopic (exact) mass is 287 g/mol. The highest BCUT2D eigenvalue weighted by molar-refractivity contribution is 6.31.